The molecule has 2 rings (SSSR count). The SMILES string of the molecule is COc1cccc(CC(=O)CCc2ccccc2C)c1F. The maximum absolute atomic E-state index is 14.0. The van der Waals surface area contributed by atoms with Gasteiger partial charge in [-0.05, 0) is 36.1 Å². The monoisotopic (exact) mass is 286 g/mol. The summed E-state index contributed by atoms with van der Waals surface area (Å²) in [4.78, 5) is 12.0. The number of halogens is 1. The van der Waals surface area contributed by atoms with Gasteiger partial charge in [0.05, 0.1) is 7.11 Å². The molecule has 2 aromatic carbocycles. The number of ether oxygens (including phenoxy) is 1. The summed E-state index contributed by atoms with van der Waals surface area (Å²) >= 11 is 0. The Kier molecular flexibility index (Phi) is 5.09. The highest BCUT2D eigenvalue weighted by Gasteiger charge is 2.12. The van der Waals surface area contributed by atoms with Crippen molar-refractivity contribution in [2.75, 3.05) is 7.11 Å². The van der Waals surface area contributed by atoms with Gasteiger partial charge in [-0.15, -0.1) is 0 Å². The predicted octanol–water partition coefficient (Wildman–Crippen LogP) is 3.89. The van der Waals surface area contributed by atoms with Crippen molar-refractivity contribution in [2.45, 2.75) is 26.2 Å². The standard InChI is InChI=1S/C18H19FO2/c1-13-6-3-4-7-14(13)10-11-16(20)12-15-8-5-9-17(21-2)18(15)19/h3-9H,10-12H2,1-2H3. The molecule has 0 fully saturated rings. The third-order valence-corrected chi connectivity index (χ3v) is 3.59. The zero-order valence-electron chi connectivity index (χ0n) is 12.4. The fraction of sp³-hybridized carbons (Fsp3) is 0.278. The molecule has 2 nitrogen and oxygen atoms in total. The van der Waals surface area contributed by atoms with E-state index in [1.54, 1.807) is 18.2 Å². The third-order valence-electron chi connectivity index (χ3n) is 3.59. The Morgan fingerprint density at radius 1 is 1.10 bits per heavy atom. The summed E-state index contributed by atoms with van der Waals surface area (Å²) in [5.74, 6) is -0.228. The molecule has 0 aliphatic rings. The van der Waals surface area contributed by atoms with Crippen molar-refractivity contribution in [2.24, 2.45) is 0 Å². The number of hydrogen-bond acceptors (Lipinski definition) is 2. The summed E-state index contributed by atoms with van der Waals surface area (Å²) in [5, 5.41) is 0. The van der Waals surface area contributed by atoms with Crippen LogP contribution in [0.25, 0.3) is 0 Å². The predicted molar refractivity (Wildman–Crippen MR) is 81.2 cm³/mol. The highest BCUT2D eigenvalue weighted by atomic mass is 19.1. The number of hydrogen-bond donors (Lipinski definition) is 0. The van der Waals surface area contributed by atoms with E-state index < -0.39 is 5.82 Å². The quantitative estimate of drug-likeness (QED) is 0.805. The van der Waals surface area contributed by atoms with E-state index >= 15 is 0 Å². The van der Waals surface area contributed by atoms with Gasteiger partial charge >= 0.3 is 0 Å². The second kappa shape index (κ2) is 7.02. The lowest BCUT2D eigenvalue weighted by Gasteiger charge is -2.08. The van der Waals surface area contributed by atoms with E-state index in [1.807, 2.05) is 31.2 Å². The van der Waals surface area contributed by atoms with Crippen LogP contribution >= 0.6 is 0 Å². The van der Waals surface area contributed by atoms with Crippen LogP contribution in [0.15, 0.2) is 42.5 Å². The Morgan fingerprint density at radius 2 is 1.81 bits per heavy atom. The molecule has 0 heterocycles. The number of ketones is 1. The van der Waals surface area contributed by atoms with Crippen LogP contribution in [0, 0.1) is 12.7 Å². The summed E-state index contributed by atoms with van der Waals surface area (Å²) in [6.07, 6.45) is 1.22. The van der Waals surface area contributed by atoms with Crippen molar-refractivity contribution in [3.63, 3.8) is 0 Å². The van der Waals surface area contributed by atoms with Crippen LogP contribution in [0.2, 0.25) is 0 Å². The van der Waals surface area contributed by atoms with Gasteiger partial charge in [-0.25, -0.2) is 4.39 Å². The third kappa shape index (κ3) is 3.91. The lowest BCUT2D eigenvalue weighted by atomic mass is 9.99. The molecule has 0 saturated carbocycles. The minimum absolute atomic E-state index is 0.0328. The summed E-state index contributed by atoms with van der Waals surface area (Å²) in [6, 6.07) is 12.9. The van der Waals surface area contributed by atoms with Crippen LogP contribution in [0.4, 0.5) is 4.39 Å². The first-order chi connectivity index (χ1) is 10.1. The Morgan fingerprint density at radius 3 is 2.52 bits per heavy atom. The molecule has 0 atom stereocenters. The smallest absolute Gasteiger partial charge is 0.168 e. The van der Waals surface area contributed by atoms with E-state index in [1.165, 1.54) is 12.7 Å². The average Bonchev–Trinajstić information content (AvgIpc) is 2.48. The highest BCUT2D eigenvalue weighted by Crippen LogP contribution is 2.21. The number of methoxy groups -OCH3 is 1. The second-order valence-electron chi connectivity index (χ2n) is 5.08. The zero-order valence-corrected chi connectivity index (χ0v) is 12.4. The first-order valence-electron chi connectivity index (χ1n) is 6.99. The Bertz CT molecular complexity index is 635. The van der Waals surface area contributed by atoms with Gasteiger partial charge in [0.15, 0.2) is 11.6 Å². The first-order valence-corrected chi connectivity index (χ1v) is 6.99. The van der Waals surface area contributed by atoms with Crippen LogP contribution in [-0.2, 0) is 17.6 Å². The molecule has 0 saturated heterocycles. The Balaban J connectivity index is 1.98. The van der Waals surface area contributed by atoms with E-state index in [0.29, 0.717) is 18.4 Å². The second-order valence-corrected chi connectivity index (χ2v) is 5.08. The van der Waals surface area contributed by atoms with Crippen molar-refractivity contribution >= 4 is 5.78 Å². The molecular formula is C18H19FO2. The van der Waals surface area contributed by atoms with Crippen molar-refractivity contribution in [1.29, 1.82) is 0 Å². The van der Waals surface area contributed by atoms with Gasteiger partial charge in [0.1, 0.15) is 5.78 Å². The molecule has 0 bridgehead atoms. The fourth-order valence-electron chi connectivity index (χ4n) is 2.32. The topological polar surface area (TPSA) is 26.3 Å². The van der Waals surface area contributed by atoms with Gasteiger partial charge in [-0.2, -0.15) is 0 Å². The van der Waals surface area contributed by atoms with Crippen molar-refractivity contribution in [1.82, 2.24) is 0 Å². The van der Waals surface area contributed by atoms with Crippen LogP contribution in [0.5, 0.6) is 5.75 Å². The van der Waals surface area contributed by atoms with Crippen LogP contribution in [0.3, 0.4) is 0 Å². The first kappa shape index (κ1) is 15.2. The van der Waals surface area contributed by atoms with Gasteiger partial charge in [0.2, 0.25) is 0 Å². The molecule has 0 amide bonds. The summed E-state index contributed by atoms with van der Waals surface area (Å²) in [7, 11) is 1.42. The maximum atomic E-state index is 14.0. The molecule has 0 aliphatic carbocycles. The minimum Gasteiger partial charge on any atom is -0.494 e. The van der Waals surface area contributed by atoms with Gasteiger partial charge in [-0.3, -0.25) is 4.79 Å². The molecule has 0 N–H and O–H groups in total. The number of carbonyl (C=O) groups excluding carboxylic acids is 1. The van der Waals surface area contributed by atoms with E-state index in [-0.39, 0.29) is 18.0 Å². The van der Waals surface area contributed by atoms with E-state index in [0.717, 1.165) is 5.56 Å². The van der Waals surface area contributed by atoms with Crippen molar-refractivity contribution in [3.05, 3.63) is 65.0 Å². The summed E-state index contributed by atoms with van der Waals surface area (Å²) in [5.41, 5.74) is 2.74. The molecule has 0 aromatic heterocycles. The average molecular weight is 286 g/mol. The van der Waals surface area contributed by atoms with Crippen molar-refractivity contribution in [3.8, 4) is 5.75 Å². The molecule has 2 aromatic rings. The number of carbonyl (C=O) groups is 1. The number of aryl methyl sites for hydroxylation is 2. The molecule has 3 heteroatoms. The molecule has 0 unspecified atom stereocenters. The fourth-order valence-corrected chi connectivity index (χ4v) is 2.32. The summed E-state index contributed by atoms with van der Waals surface area (Å²) in [6.45, 7) is 2.03. The largest absolute Gasteiger partial charge is 0.494 e. The number of rotatable bonds is 6. The zero-order chi connectivity index (χ0) is 15.2. The van der Waals surface area contributed by atoms with E-state index in [2.05, 4.69) is 0 Å². The van der Waals surface area contributed by atoms with E-state index in [9.17, 15) is 9.18 Å². The normalized spacial score (nSPS) is 10.4. The molecule has 0 radical (unpaired) electrons. The minimum atomic E-state index is -0.441. The summed E-state index contributed by atoms with van der Waals surface area (Å²) < 4.78 is 18.9. The van der Waals surface area contributed by atoms with Gasteiger partial charge < -0.3 is 4.74 Å². The lowest BCUT2D eigenvalue weighted by molar-refractivity contribution is -0.118. The van der Waals surface area contributed by atoms with Gasteiger partial charge in [-0.1, -0.05) is 36.4 Å². The molecule has 0 spiro atoms. The number of benzene rings is 2. The Hall–Kier alpha value is -2.16. The van der Waals surface area contributed by atoms with Crippen LogP contribution in [0.1, 0.15) is 23.1 Å². The van der Waals surface area contributed by atoms with Crippen LogP contribution < -0.4 is 4.74 Å². The van der Waals surface area contributed by atoms with Gasteiger partial charge in [0.25, 0.3) is 0 Å². The maximum Gasteiger partial charge on any atom is 0.168 e. The van der Waals surface area contributed by atoms with Gasteiger partial charge in [0, 0.05) is 12.8 Å². The Labute approximate surface area is 124 Å². The molecular weight excluding hydrogens is 267 g/mol. The number of Topliss-reactive ketones (excluding diaryl/α,β-unsaturated/α-hetero) is 1. The molecule has 0 aliphatic heterocycles. The molecule has 21 heavy (non-hydrogen) atoms. The lowest BCUT2D eigenvalue weighted by Crippen LogP contribution is -2.07. The highest BCUT2D eigenvalue weighted by molar-refractivity contribution is 5.81. The van der Waals surface area contributed by atoms with Crippen molar-refractivity contribution < 1.29 is 13.9 Å². The molecule has 110 valence electrons. The van der Waals surface area contributed by atoms with E-state index in [4.69, 9.17) is 4.74 Å². The van der Waals surface area contributed by atoms with Crippen LogP contribution in [-0.4, -0.2) is 12.9 Å².